The molecule has 0 radical (unpaired) electrons. The first-order valence-electron chi connectivity index (χ1n) is 13.0. The van der Waals surface area contributed by atoms with Gasteiger partial charge >= 0.3 is 0 Å². The number of ether oxygens (including phenoxy) is 1. The van der Waals surface area contributed by atoms with Gasteiger partial charge in [-0.05, 0) is 57.6 Å². The van der Waals surface area contributed by atoms with Gasteiger partial charge in [0.25, 0.3) is 0 Å². The van der Waals surface area contributed by atoms with E-state index in [1.54, 1.807) is 0 Å². The number of nitriles is 1. The number of amides is 2. The van der Waals surface area contributed by atoms with Crippen molar-refractivity contribution in [2.24, 2.45) is 0 Å². The zero-order valence-corrected chi connectivity index (χ0v) is 22.2. The Morgan fingerprint density at radius 1 is 1.18 bits per heavy atom. The fraction of sp³-hybridized carbons (Fsp3) is 0.615. The number of aromatic hydroxyl groups is 1. The van der Waals surface area contributed by atoms with E-state index in [4.69, 9.17) is 9.53 Å². The van der Waals surface area contributed by atoms with Crippen LogP contribution >= 0.6 is 0 Å². The van der Waals surface area contributed by atoms with E-state index in [-0.39, 0.29) is 35.6 Å². The summed E-state index contributed by atoms with van der Waals surface area (Å²) in [5.41, 5.74) is -0.926. The van der Waals surface area contributed by atoms with Gasteiger partial charge in [-0.3, -0.25) is 14.5 Å². The van der Waals surface area contributed by atoms with Crippen LogP contribution in [0, 0.1) is 11.3 Å². The lowest BCUT2D eigenvalue weighted by Gasteiger charge is -2.47. The summed E-state index contributed by atoms with van der Waals surface area (Å²) < 4.78 is 32.2. The van der Waals surface area contributed by atoms with Crippen LogP contribution < -0.4 is 5.32 Å². The van der Waals surface area contributed by atoms with E-state index >= 15 is 0 Å². The highest BCUT2D eigenvalue weighted by Gasteiger charge is 2.52. The second-order valence-corrected chi connectivity index (χ2v) is 12.4. The third-order valence-corrected chi connectivity index (χ3v) is 9.97. The van der Waals surface area contributed by atoms with Gasteiger partial charge in [-0.15, -0.1) is 0 Å². The zero-order chi connectivity index (χ0) is 27.5. The van der Waals surface area contributed by atoms with Crippen molar-refractivity contribution in [1.82, 2.24) is 15.1 Å². The number of sulfone groups is 1. The molecule has 3 saturated heterocycles. The number of benzene rings is 1. The quantitative estimate of drug-likeness (QED) is 0.492. The molecule has 12 heteroatoms. The van der Waals surface area contributed by atoms with Crippen LogP contribution in [0.15, 0.2) is 29.2 Å². The Bertz CT molecular complexity index is 1200. The topological polar surface area (TPSA) is 157 Å². The Morgan fingerprint density at radius 2 is 1.84 bits per heavy atom. The van der Waals surface area contributed by atoms with Crippen LogP contribution in [0.25, 0.3) is 0 Å². The summed E-state index contributed by atoms with van der Waals surface area (Å²) in [7, 11) is -4.00. The number of hydrogen-bond donors (Lipinski definition) is 2. The smallest absolute Gasteiger partial charge is 0.244 e. The molecule has 2 amide bonds. The van der Waals surface area contributed by atoms with Crippen molar-refractivity contribution in [2.45, 2.75) is 79.3 Å². The van der Waals surface area contributed by atoms with Crippen LogP contribution in [0.5, 0.6) is 5.75 Å². The monoisotopic (exact) mass is 546 g/mol. The number of nitrogens with zero attached hydrogens (tertiary/aromatic N) is 3. The molecule has 3 heterocycles. The van der Waals surface area contributed by atoms with Gasteiger partial charge in [-0.25, -0.2) is 8.42 Å². The van der Waals surface area contributed by atoms with Crippen LogP contribution in [-0.2, 0) is 29.0 Å². The predicted octanol–water partition coefficient (Wildman–Crippen LogP) is 0.766. The number of likely N-dealkylation sites (tertiary alicyclic amines) is 2. The number of carbonyl (C=O) groups is 3. The minimum Gasteiger partial charge on any atom is -0.507 e. The number of phenolic OH excluding ortho intramolecular Hbond substituents is 1. The molecule has 0 aromatic heterocycles. The third kappa shape index (κ3) is 5.55. The number of para-hydroxylation sites is 1. The van der Waals surface area contributed by atoms with Gasteiger partial charge in [0.15, 0.2) is 9.84 Å². The van der Waals surface area contributed by atoms with Crippen molar-refractivity contribution in [2.75, 3.05) is 26.3 Å². The third-order valence-electron chi connectivity index (χ3n) is 7.79. The summed E-state index contributed by atoms with van der Waals surface area (Å²) in [5, 5.41) is 21.3. The van der Waals surface area contributed by atoms with E-state index in [1.807, 2.05) is 0 Å². The maximum atomic E-state index is 13.7. The zero-order valence-electron chi connectivity index (χ0n) is 21.4. The first-order valence-corrected chi connectivity index (χ1v) is 14.5. The van der Waals surface area contributed by atoms with Crippen molar-refractivity contribution >= 4 is 27.9 Å². The number of rotatable bonds is 6. The fourth-order valence-corrected chi connectivity index (χ4v) is 7.20. The molecule has 206 valence electrons. The van der Waals surface area contributed by atoms with Crippen LogP contribution in [-0.4, -0.2) is 96.6 Å². The molecule has 4 aliphatic rings. The van der Waals surface area contributed by atoms with Gasteiger partial charge in [-0.1, -0.05) is 12.1 Å². The molecule has 1 aromatic rings. The molecule has 1 aromatic carbocycles. The van der Waals surface area contributed by atoms with Crippen LogP contribution in [0.1, 0.15) is 45.4 Å². The van der Waals surface area contributed by atoms with Crippen molar-refractivity contribution in [3.05, 3.63) is 24.3 Å². The summed E-state index contributed by atoms with van der Waals surface area (Å²) in [6, 6.07) is 6.66. The molecule has 1 aliphatic carbocycles. The van der Waals surface area contributed by atoms with E-state index in [0.29, 0.717) is 32.5 Å². The molecule has 0 spiro atoms. The summed E-state index contributed by atoms with van der Waals surface area (Å²) >= 11 is 0. The maximum Gasteiger partial charge on any atom is 0.244 e. The van der Waals surface area contributed by atoms with Gasteiger partial charge < -0.3 is 24.9 Å². The highest BCUT2D eigenvalue weighted by atomic mass is 32.2. The first kappa shape index (κ1) is 28.0. The van der Waals surface area contributed by atoms with E-state index < -0.39 is 38.6 Å². The van der Waals surface area contributed by atoms with Crippen molar-refractivity contribution in [3.8, 4) is 11.8 Å². The fourth-order valence-electron chi connectivity index (χ4n) is 5.42. The number of carbonyl (C=O) groups excluding carboxylic acids is 3. The lowest BCUT2D eigenvalue weighted by Crippen LogP contribution is -2.62. The standard InChI is InChI=1S/C24H30N4O6S.C2H4O/c25-15-24(8-9-24)26-22(30)19-13-17(35(32,33)21-4-2-1-3-20(21)29)14-28(19)23(31)18-5-10-27(18)16-6-11-34-12-7-16;1-2-3/h1-4,16-19,29H,5-14H2,(H,26,30);2H,1H3/t17-,18?,19+;/m1./s1. The number of phenols is 1. The highest BCUT2D eigenvalue weighted by Crippen LogP contribution is 2.37. The molecule has 0 bridgehead atoms. The average Bonchev–Trinajstić information content (AvgIpc) is 3.49. The molecular weight excluding hydrogens is 512 g/mol. The van der Waals surface area contributed by atoms with Crippen LogP contribution in [0.3, 0.4) is 0 Å². The van der Waals surface area contributed by atoms with Crippen LogP contribution in [0.4, 0.5) is 0 Å². The number of nitrogens with one attached hydrogen (secondary N) is 1. The molecule has 38 heavy (non-hydrogen) atoms. The molecule has 11 nitrogen and oxygen atoms in total. The lowest BCUT2D eigenvalue weighted by molar-refractivity contribution is -0.149. The van der Waals surface area contributed by atoms with Crippen LogP contribution in [0.2, 0.25) is 0 Å². The largest absolute Gasteiger partial charge is 0.507 e. The van der Waals surface area contributed by atoms with Crippen molar-refractivity contribution < 1.29 is 32.6 Å². The van der Waals surface area contributed by atoms with Gasteiger partial charge in [0.05, 0.1) is 17.4 Å². The van der Waals surface area contributed by atoms with E-state index in [2.05, 4.69) is 16.3 Å². The van der Waals surface area contributed by atoms with Gasteiger partial charge in [-0.2, -0.15) is 5.26 Å². The average molecular weight is 547 g/mol. The second kappa shape index (κ2) is 11.4. The Kier molecular flexibility index (Phi) is 8.40. The summed E-state index contributed by atoms with van der Waals surface area (Å²) in [6.07, 6.45) is 4.07. The Balaban J connectivity index is 0.00000107. The minimum atomic E-state index is -4.00. The molecule has 3 aliphatic heterocycles. The molecule has 1 saturated carbocycles. The number of hydrogen-bond acceptors (Lipinski definition) is 9. The Labute approximate surface area is 222 Å². The lowest BCUT2D eigenvalue weighted by atomic mass is 9.94. The molecular formula is C26H34N4O7S. The van der Waals surface area contributed by atoms with Crippen molar-refractivity contribution in [3.63, 3.8) is 0 Å². The molecule has 5 rings (SSSR count). The predicted molar refractivity (Wildman–Crippen MR) is 136 cm³/mol. The highest BCUT2D eigenvalue weighted by molar-refractivity contribution is 7.92. The van der Waals surface area contributed by atoms with E-state index in [1.165, 1.54) is 36.1 Å². The Hall–Kier alpha value is -3.01. The maximum absolute atomic E-state index is 13.7. The van der Waals surface area contributed by atoms with Gasteiger partial charge in [0.1, 0.15) is 28.5 Å². The summed E-state index contributed by atoms with van der Waals surface area (Å²) in [6.45, 7) is 3.39. The summed E-state index contributed by atoms with van der Waals surface area (Å²) in [4.78, 5) is 39.0. The SMILES string of the molecule is CC=O.N#CC1(NC(=O)[C@@H]2C[C@@H](S(=O)(=O)c3ccccc3O)CN2C(=O)C2CCN2C2CCOCC2)CC1. The molecule has 1 unspecified atom stereocenters. The van der Waals surface area contributed by atoms with E-state index in [9.17, 15) is 28.4 Å². The minimum absolute atomic E-state index is 0.0836. The Morgan fingerprint density at radius 3 is 2.39 bits per heavy atom. The van der Waals surface area contributed by atoms with Crippen molar-refractivity contribution in [1.29, 1.82) is 5.26 Å². The second-order valence-electron chi connectivity index (χ2n) is 10.2. The molecule has 2 N–H and O–H groups in total. The first-order chi connectivity index (χ1) is 18.2. The van der Waals surface area contributed by atoms with Gasteiger partial charge in [0.2, 0.25) is 11.8 Å². The molecule has 3 atom stereocenters. The summed E-state index contributed by atoms with van der Waals surface area (Å²) in [5.74, 6) is -1.10. The number of aldehydes is 1. The normalized spacial score (nSPS) is 26.7. The van der Waals surface area contributed by atoms with E-state index in [0.717, 1.165) is 25.7 Å². The van der Waals surface area contributed by atoms with Gasteiger partial charge in [0, 0.05) is 32.3 Å². The molecule has 4 fully saturated rings.